The number of allylic oxidation sites excluding steroid dienone is 1. The van der Waals surface area contributed by atoms with Crippen molar-refractivity contribution in [2.45, 2.75) is 19.3 Å². The van der Waals surface area contributed by atoms with Crippen molar-refractivity contribution in [3.05, 3.63) is 52.6 Å². The molecule has 0 saturated carbocycles. The third-order valence-electron chi connectivity index (χ3n) is 5.16. The maximum Gasteiger partial charge on any atom is 0.340 e. The number of methoxy groups -OCH3 is 2. The fraction of sp³-hybridized carbons (Fsp3) is 0.333. The number of nitrogens with zero attached hydrogens (tertiary/aromatic N) is 1. The van der Waals surface area contributed by atoms with Crippen LogP contribution in [0, 0.1) is 0 Å². The summed E-state index contributed by atoms with van der Waals surface area (Å²) in [5.74, 6) is -3.67. The van der Waals surface area contributed by atoms with Gasteiger partial charge in [0.15, 0.2) is 0 Å². The van der Waals surface area contributed by atoms with Crippen molar-refractivity contribution in [3.8, 4) is 0 Å². The lowest BCUT2D eigenvalue weighted by atomic mass is 9.67. The molecule has 1 atom stereocenters. The molecule has 1 aromatic carbocycles. The number of carbonyl (C=O) groups is 4. The van der Waals surface area contributed by atoms with Gasteiger partial charge in [-0.2, -0.15) is 0 Å². The van der Waals surface area contributed by atoms with Crippen LogP contribution >= 0.6 is 0 Å². The van der Waals surface area contributed by atoms with Crippen LogP contribution < -0.4 is 10.6 Å². The maximum absolute atomic E-state index is 14.0. The topological polar surface area (TPSA) is 134 Å². The second-order valence-electron chi connectivity index (χ2n) is 6.72. The van der Waals surface area contributed by atoms with Gasteiger partial charge in [-0.3, -0.25) is 14.5 Å². The van der Waals surface area contributed by atoms with Gasteiger partial charge in [0.2, 0.25) is 11.8 Å². The van der Waals surface area contributed by atoms with Gasteiger partial charge in [-0.05, 0) is 19.9 Å². The first kappa shape index (κ1) is 21.9. The molecular formula is C21H22N2O8. The summed E-state index contributed by atoms with van der Waals surface area (Å²) in [6, 6.07) is 6.44. The highest BCUT2D eigenvalue weighted by Gasteiger charge is 2.64. The Balaban J connectivity index is 2.41. The van der Waals surface area contributed by atoms with Gasteiger partial charge in [-0.25, -0.2) is 9.59 Å². The molecule has 3 rings (SSSR count). The summed E-state index contributed by atoms with van der Waals surface area (Å²) in [7, 11) is 2.30. The van der Waals surface area contributed by atoms with E-state index in [1.54, 1.807) is 31.2 Å². The van der Waals surface area contributed by atoms with Crippen molar-refractivity contribution < 1.29 is 38.1 Å². The van der Waals surface area contributed by atoms with Crippen molar-refractivity contribution in [3.63, 3.8) is 0 Å². The summed E-state index contributed by atoms with van der Waals surface area (Å²) in [6.45, 7) is 2.61. The van der Waals surface area contributed by atoms with Crippen LogP contribution in [0.4, 0.5) is 5.69 Å². The van der Waals surface area contributed by atoms with E-state index in [4.69, 9.17) is 24.7 Å². The number of para-hydroxylation sites is 1. The molecule has 0 radical (unpaired) electrons. The Hall–Kier alpha value is -3.82. The number of amides is 1. The molecule has 10 heteroatoms. The number of carbonyl (C=O) groups excluding carboxylic acids is 4. The van der Waals surface area contributed by atoms with Gasteiger partial charge in [0.05, 0.1) is 20.8 Å². The van der Waals surface area contributed by atoms with E-state index in [-0.39, 0.29) is 35.0 Å². The molecule has 2 N–H and O–H groups in total. The molecule has 0 aromatic heterocycles. The molecule has 0 unspecified atom stereocenters. The normalized spacial score (nSPS) is 19.9. The summed E-state index contributed by atoms with van der Waals surface area (Å²) in [5.41, 5.74) is 4.01. The van der Waals surface area contributed by atoms with Crippen molar-refractivity contribution >= 4 is 29.5 Å². The van der Waals surface area contributed by atoms with Gasteiger partial charge in [0, 0.05) is 11.3 Å². The second kappa shape index (κ2) is 8.13. The van der Waals surface area contributed by atoms with E-state index in [0.717, 1.165) is 12.0 Å². The number of rotatable bonds is 5. The average Bonchev–Trinajstić information content (AvgIpc) is 2.97. The van der Waals surface area contributed by atoms with Crippen LogP contribution in [0.3, 0.4) is 0 Å². The van der Waals surface area contributed by atoms with Crippen molar-refractivity contribution in [1.29, 1.82) is 0 Å². The third-order valence-corrected chi connectivity index (χ3v) is 5.16. The minimum Gasteiger partial charge on any atom is -0.468 e. The van der Waals surface area contributed by atoms with Crippen LogP contribution in [0.25, 0.3) is 0 Å². The Morgan fingerprint density at radius 1 is 1.10 bits per heavy atom. The zero-order valence-corrected chi connectivity index (χ0v) is 17.5. The number of anilines is 1. The lowest BCUT2D eigenvalue weighted by Gasteiger charge is -2.36. The first-order valence-electron chi connectivity index (χ1n) is 9.38. The fourth-order valence-electron chi connectivity index (χ4n) is 3.98. The van der Waals surface area contributed by atoms with Gasteiger partial charge < -0.3 is 24.7 Å². The minimum atomic E-state index is -2.02. The zero-order chi connectivity index (χ0) is 22.9. The predicted molar refractivity (Wildman–Crippen MR) is 106 cm³/mol. The maximum atomic E-state index is 14.0. The SMILES string of the molecule is CCOC(=O)C1=C(C)OC(N)=C(C(=O)OC)[C@@]12C(=O)N(CC(=O)OC)c1ccccc12. The number of ether oxygens (including phenoxy) is 4. The molecule has 1 amide bonds. The highest BCUT2D eigenvalue weighted by molar-refractivity contribution is 6.23. The number of hydrogen-bond donors (Lipinski definition) is 1. The van der Waals surface area contributed by atoms with E-state index in [1.165, 1.54) is 14.0 Å². The number of hydrogen-bond acceptors (Lipinski definition) is 9. The fourth-order valence-corrected chi connectivity index (χ4v) is 3.98. The smallest absolute Gasteiger partial charge is 0.340 e. The van der Waals surface area contributed by atoms with E-state index in [9.17, 15) is 19.2 Å². The lowest BCUT2D eigenvalue weighted by Crippen LogP contribution is -2.51. The van der Waals surface area contributed by atoms with E-state index in [1.807, 2.05) is 0 Å². The average molecular weight is 430 g/mol. The van der Waals surface area contributed by atoms with E-state index >= 15 is 0 Å². The molecule has 0 saturated heterocycles. The van der Waals surface area contributed by atoms with Gasteiger partial charge in [0.1, 0.15) is 28.9 Å². The molecule has 164 valence electrons. The van der Waals surface area contributed by atoms with Gasteiger partial charge in [-0.15, -0.1) is 0 Å². The van der Waals surface area contributed by atoms with Crippen LogP contribution in [0.5, 0.6) is 0 Å². The highest BCUT2D eigenvalue weighted by atomic mass is 16.5. The van der Waals surface area contributed by atoms with Crippen LogP contribution in [-0.4, -0.2) is 51.2 Å². The Labute approximate surface area is 178 Å². The van der Waals surface area contributed by atoms with Gasteiger partial charge >= 0.3 is 17.9 Å². The van der Waals surface area contributed by atoms with E-state index in [0.29, 0.717) is 5.69 Å². The number of esters is 3. The molecule has 31 heavy (non-hydrogen) atoms. The minimum absolute atomic E-state index is 0.00771. The lowest BCUT2D eigenvalue weighted by molar-refractivity contribution is -0.142. The standard InChI is InChI=1S/C21H22N2O8/c1-5-30-19(26)15-11(2)31-17(22)16(18(25)29-4)21(15)12-8-6-7-9-13(12)23(20(21)27)10-14(24)28-3/h6-9H,5,10,22H2,1-4H3/t21-/m0/s1. The molecule has 2 aliphatic rings. The summed E-state index contributed by atoms with van der Waals surface area (Å²) >= 11 is 0. The monoisotopic (exact) mass is 430 g/mol. The molecule has 0 bridgehead atoms. The number of nitrogens with two attached hydrogens (primary N) is 1. The largest absolute Gasteiger partial charge is 0.468 e. The van der Waals surface area contributed by atoms with Crippen LogP contribution in [0.2, 0.25) is 0 Å². The van der Waals surface area contributed by atoms with Gasteiger partial charge in [-0.1, -0.05) is 18.2 Å². The summed E-state index contributed by atoms with van der Waals surface area (Å²) < 4.78 is 20.2. The Morgan fingerprint density at radius 2 is 1.77 bits per heavy atom. The molecule has 2 heterocycles. The summed E-state index contributed by atoms with van der Waals surface area (Å²) in [4.78, 5) is 53.0. The van der Waals surface area contributed by atoms with E-state index < -0.39 is 35.8 Å². The Kier molecular flexibility index (Phi) is 5.74. The van der Waals surface area contributed by atoms with Crippen molar-refractivity contribution in [2.75, 3.05) is 32.3 Å². The first-order valence-corrected chi connectivity index (χ1v) is 9.38. The molecule has 2 aliphatic heterocycles. The summed E-state index contributed by atoms with van der Waals surface area (Å²) in [6.07, 6.45) is 0. The summed E-state index contributed by atoms with van der Waals surface area (Å²) in [5, 5.41) is 0. The molecule has 0 aliphatic carbocycles. The Bertz CT molecular complexity index is 1040. The highest BCUT2D eigenvalue weighted by Crippen LogP contribution is 2.54. The number of fused-ring (bicyclic) bond motifs is 2. The third kappa shape index (κ3) is 3.11. The number of benzene rings is 1. The van der Waals surface area contributed by atoms with Crippen molar-refractivity contribution in [1.82, 2.24) is 0 Å². The van der Waals surface area contributed by atoms with Crippen LogP contribution in [-0.2, 0) is 43.5 Å². The molecule has 1 aromatic rings. The zero-order valence-electron chi connectivity index (χ0n) is 17.5. The molecule has 1 spiro atoms. The van der Waals surface area contributed by atoms with Gasteiger partial charge in [0.25, 0.3) is 0 Å². The van der Waals surface area contributed by atoms with E-state index in [2.05, 4.69) is 0 Å². The quantitative estimate of drug-likeness (QED) is 0.528. The Morgan fingerprint density at radius 3 is 2.39 bits per heavy atom. The second-order valence-corrected chi connectivity index (χ2v) is 6.72. The molecule has 0 fully saturated rings. The first-order chi connectivity index (χ1) is 14.7. The van der Waals surface area contributed by atoms with Crippen LogP contribution in [0.15, 0.2) is 47.1 Å². The van der Waals surface area contributed by atoms with Crippen molar-refractivity contribution in [2.24, 2.45) is 5.73 Å². The molecular weight excluding hydrogens is 408 g/mol. The predicted octanol–water partition coefficient (Wildman–Crippen LogP) is 0.655. The van der Waals surface area contributed by atoms with Crippen LogP contribution in [0.1, 0.15) is 19.4 Å². The molecule has 10 nitrogen and oxygen atoms in total.